The molecule has 0 aromatic heterocycles. The van der Waals surface area contributed by atoms with Crippen LogP contribution in [0.15, 0.2) is 42.5 Å². The summed E-state index contributed by atoms with van der Waals surface area (Å²) in [6, 6.07) is 13.1. The van der Waals surface area contributed by atoms with Gasteiger partial charge in [-0.15, -0.1) is 0 Å². The van der Waals surface area contributed by atoms with Crippen LogP contribution in [-0.4, -0.2) is 18.4 Å². The summed E-state index contributed by atoms with van der Waals surface area (Å²) in [5, 5.41) is 15.6. The smallest absolute Gasteiger partial charge is 0.187 e. The van der Waals surface area contributed by atoms with E-state index in [1.165, 1.54) is 11.1 Å². The summed E-state index contributed by atoms with van der Waals surface area (Å²) in [7, 11) is 1.90. The van der Waals surface area contributed by atoms with Gasteiger partial charge in [-0.25, -0.2) is 0 Å². The van der Waals surface area contributed by atoms with Crippen LogP contribution < -0.4 is 10.6 Å². The number of rotatable bonds is 3. The Morgan fingerprint density at radius 1 is 1.27 bits per heavy atom. The van der Waals surface area contributed by atoms with Crippen molar-refractivity contribution in [3.05, 3.63) is 70.3 Å². The number of hydrogen-bond donors (Lipinski definition) is 2. The van der Waals surface area contributed by atoms with Crippen LogP contribution in [0.2, 0.25) is 0 Å². The normalized spacial score (nSPS) is 16.3. The third-order valence-electron chi connectivity index (χ3n) is 4.69. The molecule has 0 saturated heterocycles. The van der Waals surface area contributed by atoms with Gasteiger partial charge >= 0.3 is 0 Å². The minimum atomic E-state index is -0.128. The number of nitriles is 1. The molecule has 4 nitrogen and oxygen atoms in total. The van der Waals surface area contributed by atoms with Gasteiger partial charge in [0.05, 0.1) is 11.6 Å². The van der Waals surface area contributed by atoms with Crippen LogP contribution in [0.1, 0.15) is 46.5 Å². The van der Waals surface area contributed by atoms with Crippen molar-refractivity contribution in [3.8, 4) is 6.07 Å². The Morgan fingerprint density at radius 2 is 1.96 bits per heavy atom. The molecule has 0 radical (unpaired) electrons. The molecule has 2 aromatic rings. The zero-order valence-electron chi connectivity index (χ0n) is 15.6. The molecule has 1 heterocycles. The predicted molar refractivity (Wildman–Crippen MR) is 105 cm³/mol. The molecule has 0 saturated carbocycles. The van der Waals surface area contributed by atoms with Crippen molar-refractivity contribution in [2.45, 2.75) is 32.7 Å². The number of carbonyl (C=O) groups is 1. The molecule has 1 aliphatic heterocycles. The molecule has 2 aromatic carbocycles. The van der Waals surface area contributed by atoms with Gasteiger partial charge in [0.15, 0.2) is 5.78 Å². The number of fused-ring (bicyclic) bond motifs is 1. The lowest BCUT2D eigenvalue weighted by Gasteiger charge is -2.36. The summed E-state index contributed by atoms with van der Waals surface area (Å²) in [6.07, 6.45) is 2.56. The third kappa shape index (κ3) is 3.48. The van der Waals surface area contributed by atoms with Crippen molar-refractivity contribution in [2.24, 2.45) is 0 Å². The average molecular weight is 345 g/mol. The fourth-order valence-corrected chi connectivity index (χ4v) is 3.42. The molecule has 0 atom stereocenters. The standard InChI is InChI=1S/C22H23N3O/c1-14-9-17-12-22(2,3)25-20(18(17)10-19(14)24-4)11-21(26)16-7-5-15(13-23)6-8-16/h5-11,24-25H,12H2,1-4H3. The number of nitrogens with one attached hydrogen (secondary N) is 2. The highest BCUT2D eigenvalue weighted by Crippen LogP contribution is 2.33. The molecule has 0 spiro atoms. The first-order chi connectivity index (χ1) is 12.3. The Balaban J connectivity index is 2.04. The van der Waals surface area contributed by atoms with E-state index in [9.17, 15) is 4.79 Å². The molecular formula is C22H23N3O. The van der Waals surface area contributed by atoms with E-state index in [0.717, 1.165) is 23.4 Å². The van der Waals surface area contributed by atoms with E-state index in [0.29, 0.717) is 11.1 Å². The SMILES string of the molecule is CNc1cc2c(cc1C)CC(C)(C)NC2=CC(=O)c1ccc(C#N)cc1. The van der Waals surface area contributed by atoms with Crippen molar-refractivity contribution >= 4 is 17.2 Å². The molecule has 132 valence electrons. The van der Waals surface area contributed by atoms with Gasteiger partial charge in [-0.3, -0.25) is 4.79 Å². The highest BCUT2D eigenvalue weighted by molar-refractivity contribution is 6.08. The summed E-state index contributed by atoms with van der Waals surface area (Å²) in [5.41, 5.74) is 6.38. The summed E-state index contributed by atoms with van der Waals surface area (Å²) >= 11 is 0. The first-order valence-electron chi connectivity index (χ1n) is 8.69. The highest BCUT2D eigenvalue weighted by Gasteiger charge is 2.28. The number of allylic oxidation sites excluding steroid dienone is 1. The van der Waals surface area contributed by atoms with Crippen molar-refractivity contribution in [1.29, 1.82) is 5.26 Å². The topological polar surface area (TPSA) is 64.9 Å². The van der Waals surface area contributed by atoms with Gasteiger partial charge in [0.2, 0.25) is 0 Å². The maximum Gasteiger partial charge on any atom is 0.187 e. The van der Waals surface area contributed by atoms with Gasteiger partial charge in [0.1, 0.15) is 0 Å². The number of ketones is 1. The zero-order chi connectivity index (χ0) is 18.9. The molecule has 0 bridgehead atoms. The number of nitrogens with zero attached hydrogens (tertiary/aromatic N) is 1. The van der Waals surface area contributed by atoms with Crippen molar-refractivity contribution in [2.75, 3.05) is 12.4 Å². The number of benzene rings is 2. The van der Waals surface area contributed by atoms with Crippen LogP contribution in [0.5, 0.6) is 0 Å². The lowest BCUT2D eigenvalue weighted by atomic mass is 9.84. The molecule has 0 fully saturated rings. The van der Waals surface area contributed by atoms with Crippen LogP contribution >= 0.6 is 0 Å². The van der Waals surface area contributed by atoms with Crippen molar-refractivity contribution in [1.82, 2.24) is 5.32 Å². The average Bonchev–Trinajstić information content (AvgIpc) is 2.60. The van der Waals surface area contributed by atoms with Gasteiger partial charge < -0.3 is 10.6 Å². The maximum atomic E-state index is 12.7. The Labute approximate surface area is 154 Å². The summed E-state index contributed by atoms with van der Waals surface area (Å²) in [6.45, 7) is 6.36. The maximum absolute atomic E-state index is 12.7. The fraction of sp³-hybridized carbons (Fsp3) is 0.273. The first-order valence-corrected chi connectivity index (χ1v) is 8.69. The molecule has 26 heavy (non-hydrogen) atoms. The van der Waals surface area contributed by atoms with Gasteiger partial charge in [0, 0.05) is 41.2 Å². The molecule has 0 unspecified atom stereocenters. The van der Waals surface area contributed by atoms with Gasteiger partial charge in [-0.1, -0.05) is 6.07 Å². The van der Waals surface area contributed by atoms with Crippen LogP contribution in [0.25, 0.3) is 5.70 Å². The fourth-order valence-electron chi connectivity index (χ4n) is 3.42. The molecular weight excluding hydrogens is 322 g/mol. The second-order valence-corrected chi connectivity index (χ2v) is 7.37. The Morgan fingerprint density at radius 3 is 2.58 bits per heavy atom. The Bertz CT molecular complexity index is 931. The number of hydrogen-bond acceptors (Lipinski definition) is 4. The number of carbonyl (C=O) groups excluding carboxylic acids is 1. The molecule has 1 aliphatic rings. The minimum absolute atomic E-state index is 0.0766. The summed E-state index contributed by atoms with van der Waals surface area (Å²) in [4.78, 5) is 12.7. The van der Waals surface area contributed by atoms with E-state index in [4.69, 9.17) is 5.26 Å². The van der Waals surface area contributed by atoms with Gasteiger partial charge in [0.25, 0.3) is 0 Å². The van der Waals surface area contributed by atoms with E-state index in [-0.39, 0.29) is 11.3 Å². The second kappa shape index (κ2) is 6.68. The van der Waals surface area contributed by atoms with Crippen molar-refractivity contribution in [3.63, 3.8) is 0 Å². The van der Waals surface area contributed by atoms with Crippen LogP contribution in [0.4, 0.5) is 5.69 Å². The number of aryl methyl sites for hydroxylation is 1. The summed E-state index contributed by atoms with van der Waals surface area (Å²) in [5.74, 6) is -0.0766. The minimum Gasteiger partial charge on any atom is -0.388 e. The van der Waals surface area contributed by atoms with E-state index in [2.05, 4.69) is 49.6 Å². The molecule has 0 aliphatic carbocycles. The predicted octanol–water partition coefficient (Wildman–Crippen LogP) is 4.06. The lowest BCUT2D eigenvalue weighted by molar-refractivity contribution is 0.104. The van der Waals surface area contributed by atoms with Gasteiger partial charge in [-0.2, -0.15) is 5.26 Å². The summed E-state index contributed by atoms with van der Waals surface area (Å²) < 4.78 is 0. The van der Waals surface area contributed by atoms with E-state index < -0.39 is 0 Å². The quantitative estimate of drug-likeness (QED) is 0.650. The number of anilines is 1. The zero-order valence-corrected chi connectivity index (χ0v) is 15.6. The first kappa shape index (κ1) is 17.8. The second-order valence-electron chi connectivity index (χ2n) is 7.37. The molecule has 2 N–H and O–H groups in total. The van der Waals surface area contributed by atoms with Crippen LogP contribution in [-0.2, 0) is 6.42 Å². The molecule has 0 amide bonds. The third-order valence-corrected chi connectivity index (χ3v) is 4.69. The molecule has 3 rings (SSSR count). The van der Waals surface area contributed by atoms with E-state index in [1.54, 1.807) is 30.3 Å². The van der Waals surface area contributed by atoms with Crippen LogP contribution in [0.3, 0.4) is 0 Å². The van der Waals surface area contributed by atoms with Gasteiger partial charge in [-0.05, 0) is 68.7 Å². The van der Waals surface area contributed by atoms with Crippen molar-refractivity contribution < 1.29 is 4.79 Å². The molecule has 4 heteroatoms. The highest BCUT2D eigenvalue weighted by atomic mass is 16.1. The van der Waals surface area contributed by atoms with Crippen LogP contribution in [0, 0.1) is 18.3 Å². The largest absolute Gasteiger partial charge is 0.388 e. The van der Waals surface area contributed by atoms with E-state index in [1.807, 2.05) is 7.05 Å². The Hall–Kier alpha value is -3.06. The monoisotopic (exact) mass is 345 g/mol. The lowest BCUT2D eigenvalue weighted by Crippen LogP contribution is -2.44. The Kier molecular flexibility index (Phi) is 4.56. The van der Waals surface area contributed by atoms with E-state index >= 15 is 0 Å².